The van der Waals surface area contributed by atoms with E-state index in [-0.39, 0.29) is 5.91 Å². The number of likely N-dealkylation sites (N-methyl/N-ethyl adjacent to an activating group) is 1. The standard InChI is InChI=1S/C12H20N4OS/c1-13-12(17)7-16-4-2-10(3-5-16)14-6-11-8-18-9-15-11/h8-10,14H,2-7H2,1H3,(H,13,17). The van der Waals surface area contributed by atoms with Crippen LogP contribution in [0.1, 0.15) is 18.5 Å². The molecule has 0 saturated carbocycles. The van der Waals surface area contributed by atoms with Crippen LogP contribution in [0.2, 0.25) is 0 Å². The molecule has 1 amide bonds. The van der Waals surface area contributed by atoms with Crippen LogP contribution in [-0.4, -0.2) is 48.5 Å². The van der Waals surface area contributed by atoms with Gasteiger partial charge < -0.3 is 10.6 Å². The van der Waals surface area contributed by atoms with Crippen molar-refractivity contribution in [1.29, 1.82) is 0 Å². The van der Waals surface area contributed by atoms with Gasteiger partial charge in [0, 0.05) is 38.1 Å². The highest BCUT2D eigenvalue weighted by molar-refractivity contribution is 7.07. The number of hydrogen-bond acceptors (Lipinski definition) is 5. The van der Waals surface area contributed by atoms with Crippen molar-refractivity contribution in [2.24, 2.45) is 0 Å². The molecule has 2 rings (SSSR count). The zero-order chi connectivity index (χ0) is 12.8. The van der Waals surface area contributed by atoms with Gasteiger partial charge in [-0.3, -0.25) is 9.69 Å². The molecule has 1 fully saturated rings. The number of carbonyl (C=O) groups excluding carboxylic acids is 1. The molecule has 1 aromatic heterocycles. The number of amides is 1. The van der Waals surface area contributed by atoms with Crippen molar-refractivity contribution < 1.29 is 4.79 Å². The monoisotopic (exact) mass is 268 g/mol. The lowest BCUT2D eigenvalue weighted by Gasteiger charge is -2.31. The van der Waals surface area contributed by atoms with E-state index in [9.17, 15) is 4.79 Å². The highest BCUT2D eigenvalue weighted by Gasteiger charge is 2.20. The number of nitrogens with one attached hydrogen (secondary N) is 2. The van der Waals surface area contributed by atoms with Gasteiger partial charge in [-0.1, -0.05) is 0 Å². The predicted octanol–water partition coefficient (Wildman–Crippen LogP) is 0.443. The minimum absolute atomic E-state index is 0.101. The molecule has 0 unspecified atom stereocenters. The number of thiazole rings is 1. The van der Waals surface area contributed by atoms with Crippen molar-refractivity contribution in [1.82, 2.24) is 20.5 Å². The van der Waals surface area contributed by atoms with E-state index in [4.69, 9.17) is 0 Å². The quantitative estimate of drug-likeness (QED) is 0.814. The van der Waals surface area contributed by atoms with Crippen LogP contribution >= 0.6 is 11.3 Å². The molecule has 0 radical (unpaired) electrons. The van der Waals surface area contributed by atoms with Gasteiger partial charge in [0.15, 0.2) is 0 Å². The van der Waals surface area contributed by atoms with E-state index >= 15 is 0 Å². The first-order valence-electron chi connectivity index (χ1n) is 6.31. The third-order valence-electron chi connectivity index (χ3n) is 3.29. The van der Waals surface area contributed by atoms with E-state index in [1.807, 2.05) is 5.51 Å². The first-order chi connectivity index (χ1) is 8.78. The molecule has 1 aromatic rings. The van der Waals surface area contributed by atoms with Gasteiger partial charge in [0.1, 0.15) is 0 Å². The van der Waals surface area contributed by atoms with Gasteiger partial charge in [0.2, 0.25) is 5.91 Å². The average molecular weight is 268 g/mol. The van der Waals surface area contributed by atoms with Gasteiger partial charge in [-0.05, 0) is 12.8 Å². The molecular weight excluding hydrogens is 248 g/mol. The molecule has 5 nitrogen and oxygen atoms in total. The number of piperidine rings is 1. The molecule has 0 aromatic carbocycles. The van der Waals surface area contributed by atoms with Gasteiger partial charge >= 0.3 is 0 Å². The summed E-state index contributed by atoms with van der Waals surface area (Å²) < 4.78 is 0. The summed E-state index contributed by atoms with van der Waals surface area (Å²) in [5.74, 6) is 0.101. The van der Waals surface area contributed by atoms with Crippen LogP contribution in [0.5, 0.6) is 0 Å². The Kier molecular flexibility index (Phi) is 5.10. The fraction of sp³-hybridized carbons (Fsp3) is 0.667. The fourth-order valence-corrected chi connectivity index (χ4v) is 2.71. The van der Waals surface area contributed by atoms with E-state index in [1.54, 1.807) is 18.4 Å². The Balaban J connectivity index is 1.65. The summed E-state index contributed by atoms with van der Waals surface area (Å²) in [5.41, 5.74) is 2.98. The van der Waals surface area contributed by atoms with Crippen molar-refractivity contribution >= 4 is 17.2 Å². The Morgan fingerprint density at radius 3 is 2.94 bits per heavy atom. The largest absolute Gasteiger partial charge is 0.358 e. The van der Waals surface area contributed by atoms with Crippen LogP contribution < -0.4 is 10.6 Å². The van der Waals surface area contributed by atoms with Gasteiger partial charge in [-0.25, -0.2) is 4.98 Å². The number of likely N-dealkylation sites (tertiary alicyclic amines) is 1. The Bertz CT molecular complexity index is 360. The molecule has 0 aliphatic carbocycles. The third kappa shape index (κ3) is 4.04. The molecule has 2 N–H and O–H groups in total. The maximum absolute atomic E-state index is 11.3. The van der Waals surface area contributed by atoms with Crippen molar-refractivity contribution in [2.75, 3.05) is 26.7 Å². The molecule has 0 bridgehead atoms. The number of rotatable bonds is 5. The van der Waals surface area contributed by atoms with E-state index in [0.29, 0.717) is 12.6 Å². The fourth-order valence-electron chi connectivity index (χ4n) is 2.15. The zero-order valence-electron chi connectivity index (χ0n) is 10.7. The Labute approximate surface area is 112 Å². The summed E-state index contributed by atoms with van der Waals surface area (Å²) in [4.78, 5) is 17.7. The molecule has 0 spiro atoms. The second-order valence-corrected chi connectivity index (χ2v) is 5.30. The topological polar surface area (TPSA) is 57.3 Å². The van der Waals surface area contributed by atoms with Gasteiger partial charge in [0.25, 0.3) is 0 Å². The predicted molar refractivity (Wildman–Crippen MR) is 72.5 cm³/mol. The van der Waals surface area contributed by atoms with E-state index in [2.05, 4.69) is 25.9 Å². The van der Waals surface area contributed by atoms with Crippen molar-refractivity contribution in [3.63, 3.8) is 0 Å². The van der Waals surface area contributed by atoms with Crippen molar-refractivity contribution in [2.45, 2.75) is 25.4 Å². The molecule has 6 heteroatoms. The lowest BCUT2D eigenvalue weighted by atomic mass is 10.1. The average Bonchev–Trinajstić information content (AvgIpc) is 2.91. The van der Waals surface area contributed by atoms with Crippen molar-refractivity contribution in [3.8, 4) is 0 Å². The van der Waals surface area contributed by atoms with Crippen LogP contribution in [0.25, 0.3) is 0 Å². The molecule has 1 aliphatic rings. The molecule has 100 valence electrons. The molecule has 1 aliphatic heterocycles. The van der Waals surface area contributed by atoms with Crippen LogP contribution in [0.15, 0.2) is 10.9 Å². The van der Waals surface area contributed by atoms with E-state index in [0.717, 1.165) is 38.2 Å². The summed E-state index contributed by atoms with van der Waals surface area (Å²) in [6, 6.07) is 0.549. The van der Waals surface area contributed by atoms with Gasteiger partial charge in [0.05, 0.1) is 17.7 Å². The van der Waals surface area contributed by atoms with Crippen LogP contribution in [0.3, 0.4) is 0 Å². The smallest absolute Gasteiger partial charge is 0.233 e. The number of carbonyl (C=O) groups is 1. The maximum atomic E-state index is 11.3. The summed E-state index contributed by atoms with van der Waals surface area (Å²) in [7, 11) is 1.69. The Morgan fingerprint density at radius 1 is 1.56 bits per heavy atom. The summed E-state index contributed by atoms with van der Waals surface area (Å²) in [6.45, 7) is 3.35. The SMILES string of the molecule is CNC(=O)CN1CCC(NCc2cscn2)CC1. The molecular formula is C12H20N4OS. The van der Waals surface area contributed by atoms with Crippen LogP contribution in [0, 0.1) is 0 Å². The lowest BCUT2D eigenvalue weighted by Crippen LogP contribution is -2.45. The lowest BCUT2D eigenvalue weighted by molar-refractivity contribution is -0.122. The second-order valence-electron chi connectivity index (χ2n) is 4.58. The first-order valence-corrected chi connectivity index (χ1v) is 7.25. The van der Waals surface area contributed by atoms with E-state index in [1.165, 1.54) is 0 Å². The minimum atomic E-state index is 0.101. The maximum Gasteiger partial charge on any atom is 0.233 e. The highest BCUT2D eigenvalue weighted by Crippen LogP contribution is 2.11. The number of hydrogen-bond donors (Lipinski definition) is 2. The number of nitrogens with zero attached hydrogens (tertiary/aromatic N) is 2. The second kappa shape index (κ2) is 6.82. The van der Waals surface area contributed by atoms with Crippen LogP contribution in [0.4, 0.5) is 0 Å². The molecule has 18 heavy (non-hydrogen) atoms. The van der Waals surface area contributed by atoms with E-state index < -0.39 is 0 Å². The third-order valence-corrected chi connectivity index (χ3v) is 3.92. The first kappa shape index (κ1) is 13.5. The minimum Gasteiger partial charge on any atom is -0.358 e. The van der Waals surface area contributed by atoms with Crippen molar-refractivity contribution in [3.05, 3.63) is 16.6 Å². The Hall–Kier alpha value is -0.980. The molecule has 0 atom stereocenters. The van der Waals surface area contributed by atoms with Gasteiger partial charge in [-0.2, -0.15) is 0 Å². The highest BCUT2D eigenvalue weighted by atomic mass is 32.1. The summed E-state index contributed by atoms with van der Waals surface area (Å²) in [5, 5.41) is 8.27. The summed E-state index contributed by atoms with van der Waals surface area (Å²) >= 11 is 1.63. The molecule has 2 heterocycles. The Morgan fingerprint density at radius 2 is 2.33 bits per heavy atom. The van der Waals surface area contributed by atoms with Crippen LogP contribution in [-0.2, 0) is 11.3 Å². The zero-order valence-corrected chi connectivity index (χ0v) is 11.5. The summed E-state index contributed by atoms with van der Waals surface area (Å²) in [6.07, 6.45) is 2.20. The number of aromatic nitrogens is 1. The van der Waals surface area contributed by atoms with Gasteiger partial charge in [-0.15, -0.1) is 11.3 Å². The molecule has 1 saturated heterocycles. The normalized spacial score (nSPS) is 17.8.